The minimum absolute atomic E-state index is 0. The van der Waals surface area contributed by atoms with Gasteiger partial charge in [0.05, 0.1) is 6.61 Å². The van der Waals surface area contributed by atoms with Crippen LogP contribution in [0.15, 0.2) is 0 Å². The average Bonchev–Trinajstić information content (AvgIpc) is 2.25. The zero-order valence-electron chi connectivity index (χ0n) is 9.47. The molecule has 0 atom stereocenters. The zero-order valence-corrected chi connectivity index (χ0v) is 9.47. The Kier molecular flexibility index (Phi) is 8.76. The van der Waals surface area contributed by atoms with Crippen LogP contribution in [0.3, 0.4) is 0 Å². The van der Waals surface area contributed by atoms with Crippen LogP contribution >= 0.6 is 0 Å². The van der Waals surface area contributed by atoms with Crippen LogP contribution in [0.4, 0.5) is 0 Å². The van der Waals surface area contributed by atoms with Gasteiger partial charge in [-0.2, -0.15) is 0 Å². The minimum Gasteiger partial charge on any atom is -0.380 e. The van der Waals surface area contributed by atoms with Gasteiger partial charge < -0.3 is 15.4 Å². The molecule has 15 heavy (non-hydrogen) atoms. The third-order valence-corrected chi connectivity index (χ3v) is 1.77. The number of amides is 2. The highest BCUT2D eigenvalue weighted by atomic mass is 16.5. The molecular weight excluding hydrogens is 196 g/mol. The fraction of sp³-hybridized carbons (Fsp3) is 0.800. The lowest BCUT2D eigenvalue weighted by Gasteiger charge is -2.05. The van der Waals surface area contributed by atoms with Gasteiger partial charge in [-0.05, 0) is 6.42 Å². The molecule has 0 aliphatic heterocycles. The molecule has 2 amide bonds. The molecule has 0 heterocycles. The quantitative estimate of drug-likeness (QED) is 0.576. The van der Waals surface area contributed by atoms with E-state index in [1.54, 1.807) is 7.05 Å². The highest BCUT2D eigenvalue weighted by Crippen LogP contribution is 1.88. The summed E-state index contributed by atoms with van der Waals surface area (Å²) in [6, 6.07) is 0. The van der Waals surface area contributed by atoms with Crippen LogP contribution in [0.1, 0.15) is 27.6 Å². The van der Waals surface area contributed by atoms with Gasteiger partial charge in [-0.3, -0.25) is 9.59 Å². The maximum absolute atomic E-state index is 11.1. The lowest BCUT2D eigenvalue weighted by atomic mass is 10.3. The second-order valence-corrected chi connectivity index (χ2v) is 3.14. The van der Waals surface area contributed by atoms with Gasteiger partial charge in [0.25, 0.3) is 0 Å². The Morgan fingerprint density at radius 2 is 1.87 bits per heavy atom. The molecule has 0 aliphatic carbocycles. The molecule has 0 aromatic heterocycles. The summed E-state index contributed by atoms with van der Waals surface area (Å²) in [6.45, 7) is 3.78. The summed E-state index contributed by atoms with van der Waals surface area (Å²) in [6.07, 6.45) is 1.44. The topological polar surface area (TPSA) is 67.4 Å². The Labute approximate surface area is 92.0 Å². The fourth-order valence-electron chi connectivity index (χ4n) is 0.949. The number of rotatable bonds is 8. The van der Waals surface area contributed by atoms with E-state index in [1.807, 2.05) is 6.92 Å². The Bertz CT molecular complexity index is 201. The van der Waals surface area contributed by atoms with Crippen LogP contribution < -0.4 is 10.6 Å². The molecule has 2 N–H and O–H groups in total. The highest BCUT2D eigenvalue weighted by Gasteiger charge is 2.04. The van der Waals surface area contributed by atoms with E-state index in [1.165, 1.54) is 0 Å². The van der Waals surface area contributed by atoms with E-state index in [0.29, 0.717) is 19.8 Å². The number of carbonyl (C=O) groups is 2. The lowest BCUT2D eigenvalue weighted by molar-refractivity contribution is -0.126. The zero-order chi connectivity index (χ0) is 11.5. The van der Waals surface area contributed by atoms with Crippen LogP contribution in [0, 0.1) is 0 Å². The SMILES string of the molecule is CCCOCCNC(=O)CCC(=O)NC.[HH]. The first-order valence-electron chi connectivity index (χ1n) is 5.25. The summed E-state index contributed by atoms with van der Waals surface area (Å²) in [5.41, 5.74) is 0. The van der Waals surface area contributed by atoms with E-state index in [2.05, 4.69) is 10.6 Å². The van der Waals surface area contributed by atoms with Crippen molar-refractivity contribution in [1.29, 1.82) is 0 Å². The summed E-state index contributed by atoms with van der Waals surface area (Å²) in [5.74, 6) is -0.230. The van der Waals surface area contributed by atoms with Crippen LogP contribution in [0.2, 0.25) is 0 Å². The van der Waals surface area contributed by atoms with Crippen LogP contribution in [-0.2, 0) is 14.3 Å². The van der Waals surface area contributed by atoms with E-state index in [0.717, 1.165) is 6.42 Å². The van der Waals surface area contributed by atoms with E-state index < -0.39 is 0 Å². The molecule has 5 heteroatoms. The molecule has 0 unspecified atom stereocenters. The second kappa shape index (κ2) is 9.45. The number of nitrogens with one attached hydrogen (secondary N) is 2. The lowest BCUT2D eigenvalue weighted by Crippen LogP contribution is -2.28. The highest BCUT2D eigenvalue weighted by molar-refractivity contribution is 5.83. The standard InChI is InChI=1S/C10H20N2O3.H2/c1-3-7-15-8-6-12-10(14)5-4-9(13)11-2;/h3-8H2,1-2H3,(H,11,13)(H,12,14);1H. The molecule has 0 rings (SSSR count). The molecule has 0 fully saturated rings. The van der Waals surface area contributed by atoms with E-state index >= 15 is 0 Å². The number of ether oxygens (including phenoxy) is 1. The van der Waals surface area contributed by atoms with Crippen molar-refractivity contribution in [3.63, 3.8) is 0 Å². The third-order valence-electron chi connectivity index (χ3n) is 1.77. The van der Waals surface area contributed by atoms with E-state index in [9.17, 15) is 9.59 Å². The van der Waals surface area contributed by atoms with Gasteiger partial charge in [0.1, 0.15) is 0 Å². The molecule has 0 saturated carbocycles. The van der Waals surface area contributed by atoms with Crippen molar-refractivity contribution in [2.24, 2.45) is 0 Å². The van der Waals surface area contributed by atoms with Crippen LogP contribution in [-0.4, -0.2) is 38.6 Å². The van der Waals surface area contributed by atoms with Crippen molar-refractivity contribution in [3.05, 3.63) is 0 Å². The largest absolute Gasteiger partial charge is 0.380 e. The minimum atomic E-state index is -0.118. The predicted molar refractivity (Wildman–Crippen MR) is 59.5 cm³/mol. The maximum atomic E-state index is 11.1. The normalized spacial score (nSPS) is 9.73. The Morgan fingerprint density at radius 3 is 2.47 bits per heavy atom. The first-order chi connectivity index (χ1) is 7.20. The van der Waals surface area contributed by atoms with Gasteiger partial charge in [-0.1, -0.05) is 6.92 Å². The Balaban J connectivity index is 0. The summed E-state index contributed by atoms with van der Waals surface area (Å²) in [4.78, 5) is 22.0. The van der Waals surface area contributed by atoms with Crippen LogP contribution in [0.5, 0.6) is 0 Å². The molecule has 0 spiro atoms. The Hall–Kier alpha value is -1.10. The van der Waals surface area contributed by atoms with Crippen molar-refractivity contribution in [1.82, 2.24) is 10.6 Å². The van der Waals surface area contributed by atoms with Crippen molar-refractivity contribution in [2.45, 2.75) is 26.2 Å². The smallest absolute Gasteiger partial charge is 0.220 e. The van der Waals surface area contributed by atoms with Gasteiger partial charge in [-0.15, -0.1) is 0 Å². The molecule has 0 saturated heterocycles. The molecule has 5 nitrogen and oxygen atoms in total. The number of hydrogen-bond acceptors (Lipinski definition) is 3. The van der Waals surface area contributed by atoms with Gasteiger partial charge in [0, 0.05) is 34.5 Å². The van der Waals surface area contributed by atoms with E-state index in [4.69, 9.17) is 4.74 Å². The van der Waals surface area contributed by atoms with Crippen LogP contribution in [0.25, 0.3) is 0 Å². The van der Waals surface area contributed by atoms with E-state index in [-0.39, 0.29) is 26.1 Å². The molecule has 0 aromatic carbocycles. The first kappa shape index (κ1) is 13.9. The average molecular weight is 218 g/mol. The molecule has 0 aliphatic rings. The predicted octanol–water partition coefficient (Wildman–Crippen LogP) is 0.301. The summed E-state index contributed by atoms with van der Waals surface area (Å²) in [7, 11) is 1.55. The van der Waals surface area contributed by atoms with Crippen molar-refractivity contribution >= 4 is 11.8 Å². The van der Waals surface area contributed by atoms with Crippen molar-refractivity contribution in [3.8, 4) is 0 Å². The maximum Gasteiger partial charge on any atom is 0.220 e. The van der Waals surface area contributed by atoms with Crippen molar-refractivity contribution < 1.29 is 15.8 Å². The van der Waals surface area contributed by atoms with Gasteiger partial charge in [-0.25, -0.2) is 0 Å². The summed E-state index contributed by atoms with van der Waals surface area (Å²) >= 11 is 0. The number of hydrogen-bond donors (Lipinski definition) is 2. The Morgan fingerprint density at radius 1 is 1.20 bits per heavy atom. The number of carbonyl (C=O) groups excluding carboxylic acids is 2. The van der Waals surface area contributed by atoms with Gasteiger partial charge in [0.15, 0.2) is 0 Å². The summed E-state index contributed by atoms with van der Waals surface area (Å²) < 4.78 is 5.19. The van der Waals surface area contributed by atoms with Gasteiger partial charge >= 0.3 is 0 Å². The molecule has 90 valence electrons. The summed E-state index contributed by atoms with van der Waals surface area (Å²) in [5, 5.41) is 5.14. The third kappa shape index (κ3) is 9.21. The fourth-order valence-corrected chi connectivity index (χ4v) is 0.949. The molecule has 0 bridgehead atoms. The molecular formula is C10H22N2O3. The second-order valence-electron chi connectivity index (χ2n) is 3.14. The molecule has 0 radical (unpaired) electrons. The van der Waals surface area contributed by atoms with Crippen molar-refractivity contribution in [2.75, 3.05) is 26.8 Å². The molecule has 0 aromatic rings. The van der Waals surface area contributed by atoms with Gasteiger partial charge in [0.2, 0.25) is 11.8 Å². The first-order valence-corrected chi connectivity index (χ1v) is 5.25. The monoisotopic (exact) mass is 218 g/mol.